The first-order valence-electron chi connectivity index (χ1n) is 8.15. The van der Waals surface area contributed by atoms with Crippen LogP contribution in [-0.2, 0) is 16.1 Å². The van der Waals surface area contributed by atoms with E-state index in [-0.39, 0.29) is 24.8 Å². The van der Waals surface area contributed by atoms with Crippen molar-refractivity contribution in [3.63, 3.8) is 0 Å². The lowest BCUT2D eigenvalue weighted by atomic mass is 10.2. The molecule has 134 valence electrons. The molecular weight excluding hydrogens is 352 g/mol. The first-order chi connectivity index (χ1) is 12.7. The Bertz CT molecular complexity index is 859. The summed E-state index contributed by atoms with van der Waals surface area (Å²) in [6.45, 7) is 2.17. The standard InChI is InChI=1S/C19H18N2O4S/c1-2-24-17(22)12-21(11-14-7-4-3-5-8-14)19(23)15-13-26-18(20-15)16-9-6-10-25-16/h3-10,13H,2,11-12H2,1H3. The van der Waals surface area contributed by atoms with Crippen LogP contribution in [0, 0.1) is 0 Å². The molecule has 0 bridgehead atoms. The average molecular weight is 370 g/mol. The van der Waals surface area contributed by atoms with E-state index in [1.165, 1.54) is 16.2 Å². The maximum Gasteiger partial charge on any atom is 0.325 e. The van der Waals surface area contributed by atoms with Crippen molar-refractivity contribution < 1.29 is 18.7 Å². The summed E-state index contributed by atoms with van der Waals surface area (Å²) in [5, 5.41) is 2.29. The van der Waals surface area contributed by atoms with E-state index in [2.05, 4.69) is 4.98 Å². The number of amides is 1. The maximum absolute atomic E-state index is 12.9. The van der Waals surface area contributed by atoms with Gasteiger partial charge in [-0.2, -0.15) is 0 Å². The van der Waals surface area contributed by atoms with Crippen molar-refractivity contribution in [3.05, 3.63) is 65.4 Å². The average Bonchev–Trinajstić information content (AvgIpc) is 3.33. The number of furan rings is 1. The lowest BCUT2D eigenvalue weighted by molar-refractivity contribution is -0.143. The van der Waals surface area contributed by atoms with Crippen LogP contribution in [0.3, 0.4) is 0 Å². The van der Waals surface area contributed by atoms with E-state index in [9.17, 15) is 9.59 Å². The van der Waals surface area contributed by atoms with Gasteiger partial charge in [0.05, 0.1) is 12.9 Å². The van der Waals surface area contributed by atoms with Crippen molar-refractivity contribution >= 4 is 23.2 Å². The highest BCUT2D eigenvalue weighted by Crippen LogP contribution is 2.24. The highest BCUT2D eigenvalue weighted by Gasteiger charge is 2.23. The third-order valence-electron chi connectivity index (χ3n) is 3.58. The molecule has 0 saturated heterocycles. The summed E-state index contributed by atoms with van der Waals surface area (Å²) in [4.78, 5) is 30.6. The van der Waals surface area contributed by atoms with Gasteiger partial charge in [-0.3, -0.25) is 9.59 Å². The molecule has 1 amide bonds. The van der Waals surface area contributed by atoms with Gasteiger partial charge in [-0.05, 0) is 24.6 Å². The number of esters is 1. The molecule has 2 aromatic heterocycles. The summed E-state index contributed by atoms with van der Waals surface area (Å²) in [5.74, 6) is -0.164. The Labute approximate surface area is 155 Å². The number of thiazole rings is 1. The van der Waals surface area contributed by atoms with Crippen molar-refractivity contribution in [3.8, 4) is 10.8 Å². The van der Waals surface area contributed by atoms with Gasteiger partial charge >= 0.3 is 5.97 Å². The molecule has 7 heteroatoms. The van der Waals surface area contributed by atoms with Gasteiger partial charge in [0.1, 0.15) is 12.2 Å². The van der Waals surface area contributed by atoms with Gasteiger partial charge in [-0.15, -0.1) is 11.3 Å². The van der Waals surface area contributed by atoms with Gasteiger partial charge in [0, 0.05) is 11.9 Å². The summed E-state index contributed by atoms with van der Waals surface area (Å²) in [6.07, 6.45) is 1.56. The van der Waals surface area contributed by atoms with Gasteiger partial charge in [0.2, 0.25) is 0 Å². The summed E-state index contributed by atoms with van der Waals surface area (Å²) in [5.41, 5.74) is 1.20. The van der Waals surface area contributed by atoms with Crippen LogP contribution < -0.4 is 0 Å². The van der Waals surface area contributed by atoms with E-state index in [0.717, 1.165) is 5.56 Å². The monoisotopic (exact) mass is 370 g/mol. The second-order valence-electron chi connectivity index (χ2n) is 5.47. The zero-order chi connectivity index (χ0) is 18.4. The lowest BCUT2D eigenvalue weighted by Crippen LogP contribution is -2.36. The van der Waals surface area contributed by atoms with E-state index < -0.39 is 5.97 Å². The van der Waals surface area contributed by atoms with E-state index in [1.54, 1.807) is 30.7 Å². The zero-order valence-electron chi connectivity index (χ0n) is 14.3. The molecule has 1 aromatic carbocycles. The number of hydrogen-bond donors (Lipinski definition) is 0. The molecule has 6 nitrogen and oxygen atoms in total. The minimum absolute atomic E-state index is 0.130. The Hall–Kier alpha value is -2.93. The Kier molecular flexibility index (Phi) is 5.80. The molecule has 0 saturated carbocycles. The molecule has 0 aliphatic rings. The Balaban J connectivity index is 1.80. The topological polar surface area (TPSA) is 72.6 Å². The van der Waals surface area contributed by atoms with Gasteiger partial charge < -0.3 is 14.1 Å². The Morgan fingerprint density at radius 2 is 2.00 bits per heavy atom. The molecule has 0 aliphatic carbocycles. The Morgan fingerprint density at radius 1 is 1.19 bits per heavy atom. The van der Waals surface area contributed by atoms with E-state index in [4.69, 9.17) is 9.15 Å². The highest BCUT2D eigenvalue weighted by atomic mass is 32.1. The molecular formula is C19H18N2O4S. The molecule has 0 radical (unpaired) electrons. The van der Waals surface area contributed by atoms with Crippen LogP contribution in [0.15, 0.2) is 58.5 Å². The predicted octanol–water partition coefficient (Wildman–Crippen LogP) is 3.61. The second kappa shape index (κ2) is 8.44. The molecule has 0 unspecified atom stereocenters. The van der Waals surface area contributed by atoms with Gasteiger partial charge in [-0.1, -0.05) is 30.3 Å². The van der Waals surface area contributed by atoms with Gasteiger partial charge in [0.25, 0.3) is 5.91 Å². The fourth-order valence-corrected chi connectivity index (χ4v) is 3.17. The maximum atomic E-state index is 12.9. The minimum atomic E-state index is -0.446. The number of carbonyl (C=O) groups excluding carboxylic acids is 2. The quantitative estimate of drug-likeness (QED) is 0.594. The summed E-state index contributed by atoms with van der Waals surface area (Å²) in [7, 11) is 0. The van der Waals surface area contributed by atoms with Crippen molar-refractivity contribution in [2.24, 2.45) is 0 Å². The normalized spacial score (nSPS) is 10.5. The van der Waals surface area contributed by atoms with Crippen molar-refractivity contribution in [1.29, 1.82) is 0 Å². The van der Waals surface area contributed by atoms with Crippen LogP contribution in [0.2, 0.25) is 0 Å². The fraction of sp³-hybridized carbons (Fsp3) is 0.211. The molecule has 26 heavy (non-hydrogen) atoms. The SMILES string of the molecule is CCOC(=O)CN(Cc1ccccc1)C(=O)c1csc(-c2ccco2)n1. The first-order valence-corrected chi connectivity index (χ1v) is 9.03. The van der Waals surface area contributed by atoms with Crippen LogP contribution in [0.1, 0.15) is 23.0 Å². The van der Waals surface area contributed by atoms with Crippen molar-refractivity contribution in [1.82, 2.24) is 9.88 Å². The summed E-state index contributed by atoms with van der Waals surface area (Å²) in [6, 6.07) is 13.0. The number of aromatic nitrogens is 1. The van der Waals surface area contributed by atoms with Crippen LogP contribution in [0.5, 0.6) is 0 Å². The number of carbonyl (C=O) groups is 2. The largest absolute Gasteiger partial charge is 0.465 e. The van der Waals surface area contributed by atoms with Gasteiger partial charge in [0.15, 0.2) is 10.8 Å². The number of rotatable bonds is 7. The van der Waals surface area contributed by atoms with E-state index in [1.807, 2.05) is 30.3 Å². The summed E-state index contributed by atoms with van der Waals surface area (Å²) >= 11 is 1.32. The number of benzene rings is 1. The number of nitrogens with zero attached hydrogens (tertiary/aromatic N) is 2. The molecule has 0 N–H and O–H groups in total. The molecule has 2 heterocycles. The first kappa shape index (κ1) is 17.9. The molecule has 0 aliphatic heterocycles. The third kappa shape index (κ3) is 4.37. The zero-order valence-corrected chi connectivity index (χ0v) is 15.1. The van der Waals surface area contributed by atoms with Gasteiger partial charge in [-0.25, -0.2) is 4.98 Å². The molecule has 0 atom stereocenters. The molecule has 0 fully saturated rings. The Morgan fingerprint density at radius 3 is 2.69 bits per heavy atom. The van der Waals surface area contributed by atoms with E-state index in [0.29, 0.717) is 17.3 Å². The molecule has 3 aromatic rings. The van der Waals surface area contributed by atoms with Crippen LogP contribution in [0.25, 0.3) is 10.8 Å². The number of hydrogen-bond acceptors (Lipinski definition) is 6. The predicted molar refractivity (Wildman–Crippen MR) is 97.6 cm³/mol. The van der Waals surface area contributed by atoms with Crippen molar-refractivity contribution in [2.45, 2.75) is 13.5 Å². The minimum Gasteiger partial charge on any atom is -0.465 e. The third-order valence-corrected chi connectivity index (χ3v) is 4.44. The van der Waals surface area contributed by atoms with Crippen LogP contribution in [-0.4, -0.2) is 34.9 Å². The number of ether oxygens (including phenoxy) is 1. The summed E-state index contributed by atoms with van der Waals surface area (Å²) < 4.78 is 10.3. The molecule has 3 rings (SSSR count). The van der Waals surface area contributed by atoms with Crippen LogP contribution >= 0.6 is 11.3 Å². The molecule has 0 spiro atoms. The fourth-order valence-electron chi connectivity index (χ4n) is 2.41. The second-order valence-corrected chi connectivity index (χ2v) is 6.33. The van der Waals surface area contributed by atoms with Crippen molar-refractivity contribution in [2.75, 3.05) is 13.2 Å². The van der Waals surface area contributed by atoms with E-state index >= 15 is 0 Å². The lowest BCUT2D eigenvalue weighted by Gasteiger charge is -2.21. The smallest absolute Gasteiger partial charge is 0.325 e. The highest BCUT2D eigenvalue weighted by molar-refractivity contribution is 7.13. The van der Waals surface area contributed by atoms with Crippen LogP contribution in [0.4, 0.5) is 0 Å².